The molecule has 1 saturated heterocycles. The number of hydrogen-bond donors (Lipinski definition) is 1. The molecule has 6 nitrogen and oxygen atoms in total. The maximum atomic E-state index is 13.3. The molecule has 0 radical (unpaired) electrons. The van der Waals surface area contributed by atoms with Gasteiger partial charge in [-0.3, -0.25) is 19.5 Å². The van der Waals surface area contributed by atoms with Crippen molar-refractivity contribution in [2.24, 2.45) is 0 Å². The van der Waals surface area contributed by atoms with Gasteiger partial charge in [0.25, 0.3) is 11.7 Å². The summed E-state index contributed by atoms with van der Waals surface area (Å²) in [7, 11) is 0. The van der Waals surface area contributed by atoms with Crippen LogP contribution in [0.15, 0.2) is 72.6 Å². The van der Waals surface area contributed by atoms with Crippen molar-refractivity contribution in [2.75, 3.05) is 11.5 Å². The summed E-state index contributed by atoms with van der Waals surface area (Å²) in [6, 6.07) is 14.6. The molecule has 1 unspecified atom stereocenters. The lowest BCUT2D eigenvalue weighted by molar-refractivity contribution is -0.132. The average Bonchev–Trinajstić information content (AvgIpc) is 3.10. The first-order valence-corrected chi connectivity index (χ1v) is 11.8. The largest absolute Gasteiger partial charge is 0.507 e. The lowest BCUT2D eigenvalue weighted by Crippen LogP contribution is -2.29. The number of amides is 1. The number of halogens is 1. The van der Waals surface area contributed by atoms with E-state index in [1.54, 1.807) is 60.9 Å². The second-order valence-electron chi connectivity index (χ2n) is 9.33. The van der Waals surface area contributed by atoms with Gasteiger partial charge in [-0.1, -0.05) is 38.4 Å². The minimum atomic E-state index is -0.852. The molecule has 180 valence electrons. The van der Waals surface area contributed by atoms with Gasteiger partial charge in [0.05, 0.1) is 18.2 Å². The molecular formula is C28H27ClN2O4. The van der Waals surface area contributed by atoms with E-state index in [1.807, 2.05) is 33.8 Å². The number of ether oxygens (including phenoxy) is 1. The summed E-state index contributed by atoms with van der Waals surface area (Å²) in [4.78, 5) is 32.1. The Bertz CT molecular complexity index is 1290. The van der Waals surface area contributed by atoms with E-state index >= 15 is 0 Å². The predicted molar refractivity (Wildman–Crippen MR) is 137 cm³/mol. The molecule has 2 heterocycles. The minimum absolute atomic E-state index is 0.00182. The number of carbonyl (C=O) groups excluding carboxylic acids is 2. The van der Waals surface area contributed by atoms with E-state index in [-0.39, 0.29) is 16.7 Å². The van der Waals surface area contributed by atoms with E-state index < -0.39 is 17.7 Å². The van der Waals surface area contributed by atoms with Crippen LogP contribution in [-0.2, 0) is 15.0 Å². The summed E-state index contributed by atoms with van der Waals surface area (Å²) in [6.07, 6.45) is 3.20. The van der Waals surface area contributed by atoms with Gasteiger partial charge >= 0.3 is 0 Å². The molecule has 0 bridgehead atoms. The Morgan fingerprint density at radius 1 is 1.11 bits per heavy atom. The summed E-state index contributed by atoms with van der Waals surface area (Å²) in [5, 5.41) is 12.0. The van der Waals surface area contributed by atoms with Crippen LogP contribution < -0.4 is 9.64 Å². The van der Waals surface area contributed by atoms with E-state index in [0.29, 0.717) is 34.2 Å². The van der Waals surface area contributed by atoms with E-state index in [1.165, 1.54) is 4.90 Å². The van der Waals surface area contributed by atoms with Crippen molar-refractivity contribution in [1.82, 2.24) is 4.98 Å². The summed E-state index contributed by atoms with van der Waals surface area (Å²) < 4.78 is 5.79. The second kappa shape index (κ2) is 9.55. The zero-order valence-electron chi connectivity index (χ0n) is 20.1. The minimum Gasteiger partial charge on any atom is -0.507 e. The van der Waals surface area contributed by atoms with Gasteiger partial charge in [-0.25, -0.2) is 0 Å². The van der Waals surface area contributed by atoms with Crippen molar-refractivity contribution in [2.45, 2.75) is 39.2 Å². The third-order valence-corrected chi connectivity index (χ3v) is 6.16. The normalized spacial score (nSPS) is 17.6. The molecule has 4 rings (SSSR count). The number of aromatic nitrogens is 1. The van der Waals surface area contributed by atoms with Crippen LogP contribution in [0, 0.1) is 0 Å². The molecule has 35 heavy (non-hydrogen) atoms. The van der Waals surface area contributed by atoms with Crippen molar-refractivity contribution < 1.29 is 19.4 Å². The van der Waals surface area contributed by atoms with E-state index in [2.05, 4.69) is 4.98 Å². The molecule has 0 spiro atoms. The van der Waals surface area contributed by atoms with Crippen LogP contribution in [-0.4, -0.2) is 28.4 Å². The zero-order chi connectivity index (χ0) is 25.3. The number of nitrogens with zero attached hydrogens (tertiary/aromatic N) is 2. The van der Waals surface area contributed by atoms with Crippen LogP contribution in [0.1, 0.15) is 50.4 Å². The SMILES string of the molecule is CCOc1ccc(/C(O)=C2/C(=O)C(=O)N(c3ccc(Cl)cc3)C2c2cccnc2)cc1C(C)(C)C. The zero-order valence-corrected chi connectivity index (χ0v) is 20.8. The molecule has 1 aromatic heterocycles. The third kappa shape index (κ3) is 4.66. The Morgan fingerprint density at radius 2 is 1.83 bits per heavy atom. The van der Waals surface area contributed by atoms with Crippen LogP contribution in [0.5, 0.6) is 5.75 Å². The number of carbonyl (C=O) groups is 2. The number of anilines is 1. The first-order chi connectivity index (χ1) is 16.6. The molecule has 1 aliphatic heterocycles. The molecule has 1 amide bonds. The highest BCUT2D eigenvalue weighted by atomic mass is 35.5. The number of hydrogen-bond acceptors (Lipinski definition) is 5. The van der Waals surface area contributed by atoms with Gasteiger partial charge < -0.3 is 9.84 Å². The van der Waals surface area contributed by atoms with Crippen molar-refractivity contribution in [3.63, 3.8) is 0 Å². The number of Topliss-reactive ketones (excluding diaryl/α,β-unsaturated/α-hetero) is 1. The lowest BCUT2D eigenvalue weighted by atomic mass is 9.84. The molecule has 3 aromatic rings. The molecule has 1 N–H and O–H groups in total. The van der Waals surface area contributed by atoms with E-state index in [9.17, 15) is 14.7 Å². The Hall–Kier alpha value is -3.64. The van der Waals surface area contributed by atoms with Crippen molar-refractivity contribution in [1.29, 1.82) is 0 Å². The molecule has 2 aromatic carbocycles. The Kier molecular flexibility index (Phi) is 6.68. The molecule has 1 atom stereocenters. The molecule has 0 aliphatic carbocycles. The van der Waals surface area contributed by atoms with Crippen molar-refractivity contribution in [3.8, 4) is 5.75 Å². The summed E-state index contributed by atoms with van der Waals surface area (Å²) in [5.74, 6) is -1.04. The number of pyridine rings is 1. The van der Waals surface area contributed by atoms with Crippen LogP contribution in [0.4, 0.5) is 5.69 Å². The predicted octanol–water partition coefficient (Wildman–Crippen LogP) is 6.06. The lowest BCUT2D eigenvalue weighted by Gasteiger charge is -2.26. The quantitative estimate of drug-likeness (QED) is 0.267. The summed E-state index contributed by atoms with van der Waals surface area (Å²) >= 11 is 6.04. The van der Waals surface area contributed by atoms with E-state index in [0.717, 1.165) is 5.56 Å². The molecule has 1 aliphatic rings. The fourth-order valence-electron chi connectivity index (χ4n) is 4.25. The van der Waals surface area contributed by atoms with Gasteiger partial charge in [-0.05, 0) is 66.4 Å². The average molecular weight is 491 g/mol. The van der Waals surface area contributed by atoms with Crippen LogP contribution >= 0.6 is 11.6 Å². The molecule has 0 saturated carbocycles. The van der Waals surface area contributed by atoms with Gasteiger partial charge in [-0.15, -0.1) is 0 Å². The third-order valence-electron chi connectivity index (χ3n) is 5.91. The standard InChI is InChI=1S/C28H27ClN2O4/c1-5-35-22-13-8-17(15-21(22)28(2,3)4)25(32)23-24(18-7-6-14-30-16-18)31(27(34)26(23)33)20-11-9-19(29)10-12-20/h6-16,24,32H,5H2,1-4H3/b25-23-. The van der Waals surface area contributed by atoms with Gasteiger partial charge in [-0.2, -0.15) is 0 Å². The maximum Gasteiger partial charge on any atom is 0.300 e. The van der Waals surface area contributed by atoms with Crippen molar-refractivity contribution in [3.05, 3.63) is 94.3 Å². The Morgan fingerprint density at radius 3 is 2.43 bits per heavy atom. The highest BCUT2D eigenvalue weighted by Crippen LogP contribution is 2.43. The number of rotatable bonds is 5. The number of ketones is 1. The summed E-state index contributed by atoms with van der Waals surface area (Å²) in [5.41, 5.74) is 2.13. The monoisotopic (exact) mass is 490 g/mol. The Labute approximate surface area is 209 Å². The second-order valence-corrected chi connectivity index (χ2v) is 9.76. The molecule has 7 heteroatoms. The molecule has 1 fully saturated rings. The van der Waals surface area contributed by atoms with Gasteiger partial charge in [0, 0.05) is 34.2 Å². The fourth-order valence-corrected chi connectivity index (χ4v) is 4.38. The van der Waals surface area contributed by atoms with Crippen molar-refractivity contribution >= 4 is 34.7 Å². The van der Waals surface area contributed by atoms with Crippen LogP contribution in [0.2, 0.25) is 5.02 Å². The first kappa shape index (κ1) is 24.5. The van der Waals surface area contributed by atoms with Gasteiger partial charge in [0.1, 0.15) is 11.5 Å². The fraction of sp³-hybridized carbons (Fsp3) is 0.250. The number of benzene rings is 2. The van der Waals surface area contributed by atoms with Gasteiger partial charge in [0.2, 0.25) is 0 Å². The highest BCUT2D eigenvalue weighted by molar-refractivity contribution is 6.51. The van der Waals surface area contributed by atoms with Crippen LogP contribution in [0.3, 0.4) is 0 Å². The topological polar surface area (TPSA) is 79.7 Å². The Balaban J connectivity index is 1.93. The number of aliphatic hydroxyl groups excluding tert-OH is 1. The van der Waals surface area contributed by atoms with Gasteiger partial charge in [0.15, 0.2) is 0 Å². The molecular weight excluding hydrogens is 464 g/mol. The summed E-state index contributed by atoms with van der Waals surface area (Å²) in [6.45, 7) is 8.55. The smallest absolute Gasteiger partial charge is 0.300 e. The van der Waals surface area contributed by atoms with Crippen LogP contribution in [0.25, 0.3) is 5.76 Å². The number of aliphatic hydroxyl groups is 1. The first-order valence-electron chi connectivity index (χ1n) is 11.4. The highest BCUT2D eigenvalue weighted by Gasteiger charge is 2.47. The maximum absolute atomic E-state index is 13.3. The van der Waals surface area contributed by atoms with E-state index in [4.69, 9.17) is 16.3 Å².